The molecule has 0 aliphatic carbocycles. The van der Waals surface area contributed by atoms with Gasteiger partial charge in [-0.2, -0.15) is 0 Å². The predicted octanol–water partition coefficient (Wildman–Crippen LogP) is 14.6. The Bertz CT molecular complexity index is 2960. The molecule has 0 N–H and O–H groups in total. The maximum absolute atomic E-state index is 5.38. The highest BCUT2D eigenvalue weighted by atomic mass is 15.1. The van der Waals surface area contributed by atoms with Crippen LogP contribution in [0.5, 0.6) is 0 Å². The fourth-order valence-electron chi connectivity index (χ4n) is 7.81. The smallest absolute Gasteiger partial charge is 0.0973 e. The molecule has 3 heteroatoms. The minimum atomic E-state index is 0.875. The molecule has 9 aromatic carbocycles. The largest absolute Gasteiger partial charge is 0.310 e. The number of nitrogens with zero attached hydrogens (tertiary/aromatic N) is 3. The van der Waals surface area contributed by atoms with Crippen molar-refractivity contribution in [3.05, 3.63) is 224 Å². The van der Waals surface area contributed by atoms with Gasteiger partial charge in [-0.05, 0) is 75.7 Å². The molecule has 0 bridgehead atoms. The van der Waals surface area contributed by atoms with Crippen LogP contribution in [0.25, 0.3) is 77.7 Å². The molecule has 10 rings (SSSR count). The van der Waals surface area contributed by atoms with Crippen molar-refractivity contribution in [2.24, 2.45) is 0 Å². The van der Waals surface area contributed by atoms with E-state index in [4.69, 9.17) is 9.97 Å². The number of anilines is 3. The molecule has 1 aromatic heterocycles. The van der Waals surface area contributed by atoms with Crippen LogP contribution in [-0.4, -0.2) is 9.97 Å². The first-order valence-corrected chi connectivity index (χ1v) is 19.3. The van der Waals surface area contributed by atoms with Crippen LogP contribution in [-0.2, 0) is 0 Å². The molecule has 57 heavy (non-hydrogen) atoms. The number of rotatable bonds is 8. The number of hydrogen-bond donors (Lipinski definition) is 0. The van der Waals surface area contributed by atoms with Crippen LogP contribution in [0, 0.1) is 0 Å². The van der Waals surface area contributed by atoms with Crippen molar-refractivity contribution in [2.45, 2.75) is 0 Å². The molecule has 0 fully saturated rings. The zero-order valence-corrected chi connectivity index (χ0v) is 31.2. The summed E-state index contributed by atoms with van der Waals surface area (Å²) in [6.07, 6.45) is 0. The minimum Gasteiger partial charge on any atom is -0.310 e. The Morgan fingerprint density at radius 1 is 0.316 bits per heavy atom. The van der Waals surface area contributed by atoms with Gasteiger partial charge in [-0.15, -0.1) is 0 Å². The summed E-state index contributed by atoms with van der Waals surface area (Å²) in [6, 6.07) is 79.2. The van der Waals surface area contributed by atoms with Gasteiger partial charge in [-0.1, -0.05) is 182 Å². The molecule has 0 unspecified atom stereocenters. The third kappa shape index (κ3) is 6.62. The molecule has 0 aliphatic rings. The van der Waals surface area contributed by atoms with E-state index in [2.05, 4.69) is 217 Å². The van der Waals surface area contributed by atoms with Gasteiger partial charge in [0.05, 0.1) is 28.1 Å². The van der Waals surface area contributed by atoms with Crippen molar-refractivity contribution >= 4 is 38.9 Å². The fourth-order valence-corrected chi connectivity index (χ4v) is 7.81. The Morgan fingerprint density at radius 3 is 1.35 bits per heavy atom. The summed E-state index contributed by atoms with van der Waals surface area (Å²) in [5, 5.41) is 2.21. The van der Waals surface area contributed by atoms with Crippen LogP contribution in [0.15, 0.2) is 224 Å². The molecule has 10 aromatic rings. The number of para-hydroxylation sites is 1. The average Bonchev–Trinajstić information content (AvgIpc) is 3.30. The summed E-state index contributed by atoms with van der Waals surface area (Å²) in [5.41, 5.74) is 15.9. The maximum Gasteiger partial charge on any atom is 0.0973 e. The van der Waals surface area contributed by atoms with Crippen LogP contribution in [0.1, 0.15) is 0 Å². The van der Waals surface area contributed by atoms with Crippen molar-refractivity contribution in [1.29, 1.82) is 0 Å². The van der Waals surface area contributed by atoms with Gasteiger partial charge < -0.3 is 4.90 Å². The molecule has 0 atom stereocenters. The van der Waals surface area contributed by atoms with E-state index >= 15 is 0 Å². The van der Waals surface area contributed by atoms with Crippen LogP contribution < -0.4 is 4.90 Å². The highest BCUT2D eigenvalue weighted by molar-refractivity contribution is 6.07. The fraction of sp³-hybridized carbons (Fsp3) is 0. The molecule has 0 amide bonds. The van der Waals surface area contributed by atoms with E-state index in [0.717, 1.165) is 72.5 Å². The van der Waals surface area contributed by atoms with E-state index in [-0.39, 0.29) is 0 Å². The van der Waals surface area contributed by atoms with Crippen LogP contribution in [0.3, 0.4) is 0 Å². The average molecular weight is 728 g/mol. The first kappa shape index (κ1) is 33.9. The van der Waals surface area contributed by atoms with Gasteiger partial charge in [0.15, 0.2) is 0 Å². The topological polar surface area (TPSA) is 29.0 Å². The third-order valence-corrected chi connectivity index (χ3v) is 10.7. The van der Waals surface area contributed by atoms with E-state index in [9.17, 15) is 0 Å². The lowest BCUT2D eigenvalue weighted by molar-refractivity contribution is 1.28. The monoisotopic (exact) mass is 727 g/mol. The zero-order valence-electron chi connectivity index (χ0n) is 31.2. The van der Waals surface area contributed by atoms with Gasteiger partial charge in [0.1, 0.15) is 0 Å². The summed E-state index contributed by atoms with van der Waals surface area (Å²) in [5.74, 6) is 0. The summed E-state index contributed by atoms with van der Waals surface area (Å²) in [7, 11) is 0. The third-order valence-electron chi connectivity index (χ3n) is 10.7. The highest BCUT2D eigenvalue weighted by Gasteiger charge is 2.19. The first-order chi connectivity index (χ1) is 28.3. The molecular formula is C54H37N3. The Labute approximate surface area is 332 Å². The zero-order chi connectivity index (χ0) is 38.0. The Hall–Kier alpha value is -7.62. The SMILES string of the molecule is c1ccc(-c2ccc(N(c3ccc(-c4ccc5ccc6nc(-c7ccccc7)c(-c7ccccc7)nc6c5c4)cc3)c3ccccc3-c3ccccc3)cc2)cc1. The molecule has 268 valence electrons. The normalized spacial score (nSPS) is 11.2. The minimum absolute atomic E-state index is 0.875. The number of benzene rings is 9. The molecule has 0 radical (unpaired) electrons. The number of aromatic nitrogens is 2. The first-order valence-electron chi connectivity index (χ1n) is 19.3. The van der Waals surface area contributed by atoms with E-state index in [1.54, 1.807) is 0 Å². The number of hydrogen-bond acceptors (Lipinski definition) is 3. The van der Waals surface area contributed by atoms with Crippen LogP contribution in [0.4, 0.5) is 17.1 Å². The summed E-state index contributed by atoms with van der Waals surface area (Å²) >= 11 is 0. The highest BCUT2D eigenvalue weighted by Crippen LogP contribution is 2.42. The Kier molecular flexibility index (Phi) is 8.86. The van der Waals surface area contributed by atoms with Crippen molar-refractivity contribution < 1.29 is 0 Å². The van der Waals surface area contributed by atoms with Crippen LogP contribution >= 0.6 is 0 Å². The standard InChI is InChI=1S/C54H37N3/c1-5-15-38(16-6-1)39-27-32-46(33-28-39)57(51-24-14-13-23-48(51)41-17-7-2-8-18-41)47-34-29-40(30-35-47)45-26-25-42-31-36-50-54(49(42)37-45)56-53(44-21-11-4-12-22-44)52(55-50)43-19-9-3-10-20-43/h1-37H. The molecule has 0 saturated heterocycles. The molecule has 0 aliphatic heterocycles. The summed E-state index contributed by atoms with van der Waals surface area (Å²) in [4.78, 5) is 13.0. The van der Waals surface area contributed by atoms with Crippen molar-refractivity contribution in [2.75, 3.05) is 4.90 Å². The quantitative estimate of drug-likeness (QED) is 0.146. The lowest BCUT2D eigenvalue weighted by atomic mass is 9.98. The lowest BCUT2D eigenvalue weighted by Crippen LogP contribution is -2.11. The Balaban J connectivity index is 1.07. The van der Waals surface area contributed by atoms with Crippen molar-refractivity contribution in [1.82, 2.24) is 9.97 Å². The van der Waals surface area contributed by atoms with Gasteiger partial charge in [-0.3, -0.25) is 0 Å². The van der Waals surface area contributed by atoms with E-state index in [1.807, 2.05) is 12.1 Å². The van der Waals surface area contributed by atoms with Gasteiger partial charge in [0.2, 0.25) is 0 Å². The predicted molar refractivity (Wildman–Crippen MR) is 239 cm³/mol. The van der Waals surface area contributed by atoms with E-state index in [0.29, 0.717) is 0 Å². The van der Waals surface area contributed by atoms with Gasteiger partial charge >= 0.3 is 0 Å². The second kappa shape index (κ2) is 14.9. The second-order valence-corrected chi connectivity index (χ2v) is 14.2. The van der Waals surface area contributed by atoms with Gasteiger partial charge in [0.25, 0.3) is 0 Å². The number of fused-ring (bicyclic) bond motifs is 3. The Morgan fingerprint density at radius 2 is 0.754 bits per heavy atom. The van der Waals surface area contributed by atoms with E-state index in [1.165, 1.54) is 22.3 Å². The van der Waals surface area contributed by atoms with Gasteiger partial charge in [0, 0.05) is 33.5 Å². The van der Waals surface area contributed by atoms with Crippen molar-refractivity contribution in [3.63, 3.8) is 0 Å². The summed E-state index contributed by atoms with van der Waals surface area (Å²) in [6.45, 7) is 0. The molecule has 3 nitrogen and oxygen atoms in total. The second-order valence-electron chi connectivity index (χ2n) is 14.2. The molecular weight excluding hydrogens is 691 g/mol. The van der Waals surface area contributed by atoms with Gasteiger partial charge in [-0.25, -0.2) is 9.97 Å². The molecule has 0 spiro atoms. The summed E-state index contributed by atoms with van der Waals surface area (Å²) < 4.78 is 0. The lowest BCUT2D eigenvalue weighted by Gasteiger charge is -2.28. The maximum atomic E-state index is 5.38. The van der Waals surface area contributed by atoms with Crippen molar-refractivity contribution in [3.8, 4) is 55.9 Å². The van der Waals surface area contributed by atoms with Crippen LogP contribution in [0.2, 0.25) is 0 Å². The molecule has 0 saturated carbocycles. The molecule has 1 heterocycles. The van der Waals surface area contributed by atoms with E-state index < -0.39 is 0 Å².